The van der Waals surface area contributed by atoms with Gasteiger partial charge in [0.2, 0.25) is 11.8 Å². The van der Waals surface area contributed by atoms with Crippen molar-refractivity contribution < 1.29 is 22.7 Å². The van der Waals surface area contributed by atoms with Crippen molar-refractivity contribution >= 4 is 27.5 Å². The second-order valence-electron chi connectivity index (χ2n) is 12.6. The summed E-state index contributed by atoms with van der Waals surface area (Å²) in [7, 11) is -2.76. The van der Waals surface area contributed by atoms with Crippen LogP contribution in [0.3, 0.4) is 0 Å². The molecule has 1 aliphatic carbocycles. The van der Waals surface area contributed by atoms with Gasteiger partial charge in [-0.15, -0.1) is 0 Å². The van der Waals surface area contributed by atoms with E-state index in [4.69, 9.17) is 4.74 Å². The summed E-state index contributed by atoms with van der Waals surface area (Å²) >= 11 is 0. The van der Waals surface area contributed by atoms with Crippen molar-refractivity contribution in [3.63, 3.8) is 0 Å². The van der Waals surface area contributed by atoms with Gasteiger partial charge in [-0.25, -0.2) is 8.42 Å². The fraction of sp³-hybridized carbons (Fsp3) is 0.333. The van der Waals surface area contributed by atoms with E-state index in [9.17, 15) is 18.0 Å². The van der Waals surface area contributed by atoms with Gasteiger partial charge in [-0.2, -0.15) is 0 Å². The van der Waals surface area contributed by atoms with Crippen molar-refractivity contribution in [3.8, 4) is 5.75 Å². The molecule has 48 heavy (non-hydrogen) atoms. The zero-order valence-corrected chi connectivity index (χ0v) is 28.8. The van der Waals surface area contributed by atoms with Crippen molar-refractivity contribution in [2.24, 2.45) is 0 Å². The first kappa shape index (κ1) is 34.7. The number of sulfonamides is 1. The van der Waals surface area contributed by atoms with Crippen molar-refractivity contribution in [2.75, 3.05) is 18.0 Å². The van der Waals surface area contributed by atoms with Crippen LogP contribution < -0.4 is 14.4 Å². The number of methoxy groups -OCH3 is 1. The lowest BCUT2D eigenvalue weighted by molar-refractivity contribution is -0.140. The minimum Gasteiger partial charge on any atom is -0.495 e. The first-order chi connectivity index (χ1) is 23.2. The van der Waals surface area contributed by atoms with E-state index in [2.05, 4.69) is 5.32 Å². The van der Waals surface area contributed by atoms with E-state index in [1.807, 2.05) is 74.5 Å². The van der Waals surface area contributed by atoms with E-state index in [0.29, 0.717) is 5.75 Å². The molecule has 1 N–H and O–H groups in total. The number of aryl methyl sites for hydroxylation is 2. The van der Waals surface area contributed by atoms with E-state index < -0.39 is 28.5 Å². The Morgan fingerprint density at radius 3 is 2.12 bits per heavy atom. The molecule has 4 aromatic rings. The molecule has 5 rings (SSSR count). The summed E-state index contributed by atoms with van der Waals surface area (Å²) in [6.07, 6.45) is 5.30. The molecule has 0 heterocycles. The van der Waals surface area contributed by atoms with E-state index in [-0.39, 0.29) is 35.5 Å². The maximum atomic E-state index is 14.8. The normalized spacial score (nSPS) is 14.1. The largest absolute Gasteiger partial charge is 0.495 e. The van der Waals surface area contributed by atoms with Crippen LogP contribution in [0.15, 0.2) is 108 Å². The monoisotopic (exact) mass is 667 g/mol. The first-order valence-corrected chi connectivity index (χ1v) is 18.0. The summed E-state index contributed by atoms with van der Waals surface area (Å²) < 4.78 is 35.4. The number of nitrogens with one attached hydrogen (secondary N) is 1. The van der Waals surface area contributed by atoms with Gasteiger partial charge in [0.05, 0.1) is 17.7 Å². The van der Waals surface area contributed by atoms with Crippen LogP contribution >= 0.6 is 0 Å². The van der Waals surface area contributed by atoms with Gasteiger partial charge in [0.15, 0.2) is 0 Å². The smallest absolute Gasteiger partial charge is 0.264 e. The Balaban J connectivity index is 1.60. The molecule has 0 radical (unpaired) electrons. The zero-order valence-electron chi connectivity index (χ0n) is 28.0. The van der Waals surface area contributed by atoms with Gasteiger partial charge in [0, 0.05) is 19.0 Å². The second-order valence-corrected chi connectivity index (χ2v) is 14.4. The predicted molar refractivity (Wildman–Crippen MR) is 189 cm³/mol. The van der Waals surface area contributed by atoms with Gasteiger partial charge in [0.1, 0.15) is 18.3 Å². The molecule has 1 aliphatic rings. The second kappa shape index (κ2) is 16.0. The molecule has 0 bridgehead atoms. The number of hydrogen-bond acceptors (Lipinski definition) is 5. The number of rotatable bonds is 13. The minimum atomic E-state index is -4.23. The highest BCUT2D eigenvalue weighted by molar-refractivity contribution is 7.92. The highest BCUT2D eigenvalue weighted by Gasteiger charge is 2.36. The summed E-state index contributed by atoms with van der Waals surface area (Å²) in [5.41, 5.74) is 3.81. The highest BCUT2D eigenvalue weighted by atomic mass is 32.2. The first-order valence-electron chi connectivity index (χ1n) is 16.6. The molecule has 9 heteroatoms. The van der Waals surface area contributed by atoms with Crippen molar-refractivity contribution in [2.45, 2.75) is 75.9 Å². The fourth-order valence-electron chi connectivity index (χ4n) is 6.33. The van der Waals surface area contributed by atoms with Crippen LogP contribution in [0.4, 0.5) is 5.69 Å². The van der Waals surface area contributed by atoms with Gasteiger partial charge in [-0.3, -0.25) is 13.9 Å². The Morgan fingerprint density at radius 1 is 0.812 bits per heavy atom. The van der Waals surface area contributed by atoms with Crippen LogP contribution in [0.1, 0.15) is 54.4 Å². The molecule has 8 nitrogen and oxygen atoms in total. The van der Waals surface area contributed by atoms with E-state index in [1.54, 1.807) is 35.2 Å². The molecule has 1 atom stereocenters. The molecule has 0 aromatic heterocycles. The summed E-state index contributed by atoms with van der Waals surface area (Å²) in [5, 5.41) is 3.25. The SMILES string of the molecule is COc1ccc(C)cc1N(CC(=O)N(Cc1cccc(C)c1)C(Cc1ccccc1)C(=O)NC1CCCCC1)S(=O)(=O)c1ccccc1. The summed E-state index contributed by atoms with van der Waals surface area (Å²) in [4.78, 5) is 30.7. The topological polar surface area (TPSA) is 96.0 Å². The van der Waals surface area contributed by atoms with Gasteiger partial charge >= 0.3 is 0 Å². The molecular formula is C39H45N3O5S. The number of carbonyl (C=O) groups excluding carboxylic acids is 2. The van der Waals surface area contributed by atoms with E-state index >= 15 is 0 Å². The number of anilines is 1. The molecule has 252 valence electrons. The molecule has 0 spiro atoms. The van der Waals surface area contributed by atoms with Crippen LogP contribution in [0, 0.1) is 13.8 Å². The minimum absolute atomic E-state index is 0.0342. The molecule has 4 aromatic carbocycles. The maximum absolute atomic E-state index is 14.8. The van der Waals surface area contributed by atoms with Gasteiger partial charge < -0.3 is 15.0 Å². The number of amides is 2. The maximum Gasteiger partial charge on any atom is 0.264 e. The van der Waals surface area contributed by atoms with E-state index in [0.717, 1.165) is 58.7 Å². The molecule has 2 amide bonds. The standard InChI is InChI=1S/C39H45N3O5S/c1-29-14-13-17-32(24-29)27-41(36(26-31-15-7-4-8-16-31)39(44)40-33-18-9-5-10-19-33)38(43)28-42(35-25-30(2)22-23-37(35)47-3)48(45,46)34-20-11-6-12-21-34/h4,6-8,11-17,20-25,33,36H,5,9-10,18-19,26-28H2,1-3H3,(H,40,44). The number of benzene rings is 4. The number of hydrogen-bond donors (Lipinski definition) is 1. The Kier molecular flexibility index (Phi) is 11.5. The highest BCUT2D eigenvalue weighted by Crippen LogP contribution is 2.34. The Morgan fingerprint density at radius 2 is 1.46 bits per heavy atom. The quantitative estimate of drug-likeness (QED) is 0.174. The third-order valence-corrected chi connectivity index (χ3v) is 10.6. The van der Waals surface area contributed by atoms with Crippen molar-refractivity contribution in [1.29, 1.82) is 0 Å². The molecular weight excluding hydrogens is 623 g/mol. The lowest BCUT2D eigenvalue weighted by atomic mass is 9.94. The molecule has 1 saturated carbocycles. The summed E-state index contributed by atoms with van der Waals surface area (Å²) in [5.74, 6) is -0.425. The number of nitrogens with zero attached hydrogens (tertiary/aromatic N) is 2. The molecule has 1 unspecified atom stereocenters. The number of ether oxygens (including phenoxy) is 1. The van der Waals surface area contributed by atoms with Gasteiger partial charge in [-0.05, 0) is 67.6 Å². The van der Waals surface area contributed by atoms with Crippen LogP contribution in [-0.2, 0) is 32.6 Å². The van der Waals surface area contributed by atoms with Crippen molar-refractivity contribution in [1.82, 2.24) is 10.2 Å². The Bertz CT molecular complexity index is 1790. The molecule has 1 fully saturated rings. The van der Waals surface area contributed by atoms with Gasteiger partial charge in [0.25, 0.3) is 10.0 Å². The lowest BCUT2D eigenvalue weighted by Crippen LogP contribution is -2.55. The van der Waals surface area contributed by atoms with Crippen LogP contribution in [0.5, 0.6) is 5.75 Å². The zero-order chi connectivity index (χ0) is 34.1. The average Bonchev–Trinajstić information content (AvgIpc) is 3.09. The van der Waals surface area contributed by atoms with Crippen molar-refractivity contribution in [3.05, 3.63) is 125 Å². The third kappa shape index (κ3) is 8.63. The Hall–Kier alpha value is -4.63. The van der Waals surface area contributed by atoms with Crippen LogP contribution in [-0.4, -0.2) is 50.9 Å². The third-order valence-electron chi connectivity index (χ3n) is 8.87. The van der Waals surface area contributed by atoms with Crippen LogP contribution in [0.25, 0.3) is 0 Å². The fourth-order valence-corrected chi connectivity index (χ4v) is 7.77. The summed E-state index contributed by atoms with van der Waals surface area (Å²) in [6, 6.07) is 29.9. The van der Waals surface area contributed by atoms with E-state index in [1.165, 1.54) is 19.2 Å². The number of carbonyl (C=O) groups is 2. The van der Waals surface area contributed by atoms with Crippen LogP contribution in [0.2, 0.25) is 0 Å². The Labute approximate surface area is 284 Å². The molecule has 0 saturated heterocycles. The lowest BCUT2D eigenvalue weighted by Gasteiger charge is -2.35. The molecule has 0 aliphatic heterocycles. The average molecular weight is 668 g/mol. The summed E-state index contributed by atoms with van der Waals surface area (Å²) in [6.45, 7) is 3.42. The van der Waals surface area contributed by atoms with Gasteiger partial charge in [-0.1, -0.05) is 104 Å². The predicted octanol–water partition coefficient (Wildman–Crippen LogP) is 6.60.